The number of rotatable bonds is 5. The van der Waals surface area contributed by atoms with Gasteiger partial charge in [0.1, 0.15) is 6.54 Å². The number of aromatic nitrogens is 2. The van der Waals surface area contributed by atoms with Gasteiger partial charge in [0.05, 0.1) is 11.7 Å². The van der Waals surface area contributed by atoms with E-state index in [-0.39, 0.29) is 30.3 Å². The van der Waals surface area contributed by atoms with Gasteiger partial charge in [-0.25, -0.2) is 0 Å². The van der Waals surface area contributed by atoms with Gasteiger partial charge < -0.3 is 10.0 Å². The lowest BCUT2D eigenvalue weighted by Gasteiger charge is -2.35. The van der Waals surface area contributed by atoms with Crippen molar-refractivity contribution in [3.63, 3.8) is 0 Å². The number of carbonyl (C=O) groups is 2. The van der Waals surface area contributed by atoms with Crippen molar-refractivity contribution < 1.29 is 14.7 Å². The lowest BCUT2D eigenvalue weighted by Crippen LogP contribution is -2.45. The van der Waals surface area contributed by atoms with Crippen LogP contribution in [0.4, 0.5) is 0 Å². The largest absolute Gasteiger partial charge is 0.481 e. The number of aliphatic carboxylic acids is 1. The van der Waals surface area contributed by atoms with Crippen molar-refractivity contribution in [3.05, 3.63) is 40.7 Å². The molecule has 1 aromatic carbocycles. The molecular formula is C18H21N3O4. The molecule has 7 nitrogen and oxygen atoms in total. The number of hydrogen-bond donors (Lipinski definition) is 1. The highest BCUT2D eigenvalue weighted by atomic mass is 16.4. The molecule has 1 aliphatic heterocycles. The third-order valence-corrected chi connectivity index (χ3v) is 4.69. The average Bonchev–Trinajstić information content (AvgIpc) is 2.62. The standard InChI is InChI=1S/C18H21N3O4/c22-16-11-19-21(15-7-2-1-6-14(15)16)12-17(23)20-10-4-3-5-13(20)8-9-18(24)25/h1-2,6-7,11,13H,3-5,8-10,12H2,(H,24,25)/t13-/m0/s1. The van der Waals surface area contributed by atoms with Crippen molar-refractivity contribution in [3.8, 4) is 0 Å². The fourth-order valence-electron chi connectivity index (χ4n) is 3.43. The van der Waals surface area contributed by atoms with E-state index in [1.165, 1.54) is 6.20 Å². The molecule has 1 atom stereocenters. The summed E-state index contributed by atoms with van der Waals surface area (Å²) in [6.45, 7) is 0.686. The van der Waals surface area contributed by atoms with Crippen molar-refractivity contribution in [1.29, 1.82) is 0 Å². The molecule has 1 amide bonds. The monoisotopic (exact) mass is 343 g/mol. The Bertz CT molecular complexity index is 846. The molecule has 0 radical (unpaired) electrons. The first-order chi connectivity index (χ1) is 12.1. The molecule has 0 spiro atoms. The maximum atomic E-state index is 12.8. The summed E-state index contributed by atoms with van der Waals surface area (Å²) in [4.78, 5) is 37.3. The Labute approximate surface area is 144 Å². The summed E-state index contributed by atoms with van der Waals surface area (Å²) < 4.78 is 1.54. The average molecular weight is 343 g/mol. The molecule has 7 heteroatoms. The zero-order valence-corrected chi connectivity index (χ0v) is 13.9. The van der Waals surface area contributed by atoms with Gasteiger partial charge in [0.25, 0.3) is 0 Å². The molecule has 1 aliphatic rings. The summed E-state index contributed by atoms with van der Waals surface area (Å²) in [5.41, 5.74) is 0.457. The second kappa shape index (κ2) is 7.46. The van der Waals surface area contributed by atoms with Crippen LogP contribution in [0.2, 0.25) is 0 Å². The smallest absolute Gasteiger partial charge is 0.303 e. The minimum atomic E-state index is -0.842. The van der Waals surface area contributed by atoms with Crippen LogP contribution < -0.4 is 5.43 Å². The van der Waals surface area contributed by atoms with Crippen molar-refractivity contribution in [2.24, 2.45) is 0 Å². The van der Waals surface area contributed by atoms with E-state index >= 15 is 0 Å². The molecule has 0 aliphatic carbocycles. The van der Waals surface area contributed by atoms with Crippen molar-refractivity contribution >= 4 is 22.8 Å². The van der Waals surface area contributed by atoms with E-state index in [1.807, 2.05) is 0 Å². The van der Waals surface area contributed by atoms with Gasteiger partial charge in [0.2, 0.25) is 11.3 Å². The second-order valence-corrected chi connectivity index (χ2v) is 6.35. The third kappa shape index (κ3) is 3.87. The molecule has 1 fully saturated rings. The highest BCUT2D eigenvalue weighted by Gasteiger charge is 2.27. The number of nitrogens with zero attached hydrogens (tertiary/aromatic N) is 3. The van der Waals surface area contributed by atoms with Crippen LogP contribution in [0.5, 0.6) is 0 Å². The van der Waals surface area contributed by atoms with E-state index in [0.29, 0.717) is 23.9 Å². The van der Waals surface area contributed by atoms with E-state index in [4.69, 9.17) is 5.11 Å². The van der Waals surface area contributed by atoms with Gasteiger partial charge in [0, 0.05) is 24.4 Å². The van der Waals surface area contributed by atoms with Crippen molar-refractivity contribution in [2.45, 2.75) is 44.7 Å². The molecule has 1 aromatic heterocycles. The van der Waals surface area contributed by atoms with Crippen molar-refractivity contribution in [1.82, 2.24) is 14.7 Å². The number of amides is 1. The lowest BCUT2D eigenvalue weighted by molar-refractivity contribution is -0.140. The minimum Gasteiger partial charge on any atom is -0.481 e. The van der Waals surface area contributed by atoms with Gasteiger partial charge >= 0.3 is 5.97 Å². The van der Waals surface area contributed by atoms with Crippen LogP contribution in [0, 0.1) is 0 Å². The topological polar surface area (TPSA) is 92.5 Å². The molecule has 0 saturated carbocycles. The molecule has 3 rings (SSSR count). The SMILES string of the molecule is O=C(O)CC[C@@H]1CCCCN1C(=O)Cn1ncc(=O)c2ccccc21. The number of fused-ring (bicyclic) bond motifs is 1. The number of piperidine rings is 1. The number of carboxylic acids is 1. The molecule has 25 heavy (non-hydrogen) atoms. The Morgan fingerprint density at radius 2 is 2.04 bits per heavy atom. The second-order valence-electron chi connectivity index (χ2n) is 6.35. The highest BCUT2D eigenvalue weighted by molar-refractivity contribution is 5.81. The predicted octanol–water partition coefficient (Wildman–Crippen LogP) is 1.64. The molecule has 2 aromatic rings. The summed E-state index contributed by atoms with van der Waals surface area (Å²) >= 11 is 0. The minimum absolute atomic E-state index is 0.0389. The van der Waals surface area contributed by atoms with Gasteiger partial charge in [0.15, 0.2) is 0 Å². The first-order valence-corrected chi connectivity index (χ1v) is 8.52. The molecular weight excluding hydrogens is 322 g/mol. The molecule has 0 unspecified atom stereocenters. The van der Waals surface area contributed by atoms with Gasteiger partial charge in [-0.3, -0.25) is 19.1 Å². The molecule has 132 valence electrons. The summed E-state index contributed by atoms with van der Waals surface area (Å²) in [6.07, 6.45) is 4.53. The van der Waals surface area contributed by atoms with E-state index in [0.717, 1.165) is 19.3 Å². The summed E-state index contributed by atoms with van der Waals surface area (Å²) in [6, 6.07) is 7.04. The number of carbonyl (C=O) groups excluding carboxylic acids is 1. The van der Waals surface area contributed by atoms with E-state index in [2.05, 4.69) is 5.10 Å². The van der Waals surface area contributed by atoms with Crippen molar-refractivity contribution in [2.75, 3.05) is 6.54 Å². The summed E-state index contributed by atoms with van der Waals surface area (Å²) in [5, 5.41) is 13.5. The molecule has 1 N–H and O–H groups in total. The predicted molar refractivity (Wildman–Crippen MR) is 92.2 cm³/mol. The van der Waals surface area contributed by atoms with Crippen LogP contribution in [0.15, 0.2) is 35.3 Å². The van der Waals surface area contributed by atoms with Gasteiger partial charge in [-0.2, -0.15) is 5.10 Å². The van der Waals surface area contributed by atoms with E-state index < -0.39 is 5.97 Å². The highest BCUT2D eigenvalue weighted by Crippen LogP contribution is 2.21. The van der Waals surface area contributed by atoms with Crippen LogP contribution in [0.1, 0.15) is 32.1 Å². The maximum Gasteiger partial charge on any atom is 0.303 e. The number of benzene rings is 1. The lowest BCUT2D eigenvalue weighted by atomic mass is 9.98. The number of hydrogen-bond acceptors (Lipinski definition) is 4. The van der Waals surface area contributed by atoms with Gasteiger partial charge in [-0.15, -0.1) is 0 Å². The van der Waals surface area contributed by atoms with Crippen LogP contribution in [-0.2, 0) is 16.1 Å². The van der Waals surface area contributed by atoms with Crippen LogP contribution >= 0.6 is 0 Å². The number of likely N-dealkylation sites (tertiary alicyclic amines) is 1. The number of para-hydroxylation sites is 1. The fourth-order valence-corrected chi connectivity index (χ4v) is 3.43. The Kier molecular flexibility index (Phi) is 5.11. The quantitative estimate of drug-likeness (QED) is 0.891. The zero-order valence-electron chi connectivity index (χ0n) is 13.9. The van der Waals surface area contributed by atoms with E-state index in [9.17, 15) is 14.4 Å². The van der Waals surface area contributed by atoms with Crippen LogP contribution in [-0.4, -0.2) is 44.3 Å². The Balaban J connectivity index is 1.80. The fraction of sp³-hybridized carbons (Fsp3) is 0.444. The summed E-state index contributed by atoms with van der Waals surface area (Å²) in [5.74, 6) is -0.928. The van der Waals surface area contributed by atoms with E-state index in [1.54, 1.807) is 33.8 Å². The Morgan fingerprint density at radius 3 is 2.84 bits per heavy atom. The number of carboxylic acid groups (broad SMARTS) is 1. The molecule has 2 heterocycles. The summed E-state index contributed by atoms with van der Waals surface area (Å²) in [7, 11) is 0. The maximum absolute atomic E-state index is 12.8. The first kappa shape index (κ1) is 17.1. The third-order valence-electron chi connectivity index (χ3n) is 4.69. The molecule has 0 bridgehead atoms. The Hall–Kier alpha value is -2.70. The van der Waals surface area contributed by atoms with Gasteiger partial charge in [-0.05, 0) is 37.8 Å². The Morgan fingerprint density at radius 1 is 1.24 bits per heavy atom. The van der Waals surface area contributed by atoms with Gasteiger partial charge in [-0.1, -0.05) is 12.1 Å². The normalized spacial score (nSPS) is 17.6. The zero-order chi connectivity index (χ0) is 17.8. The first-order valence-electron chi connectivity index (χ1n) is 8.52. The van der Waals surface area contributed by atoms with Crippen LogP contribution in [0.3, 0.4) is 0 Å². The van der Waals surface area contributed by atoms with Crippen LogP contribution in [0.25, 0.3) is 10.9 Å². The molecule has 1 saturated heterocycles.